The molecule has 0 radical (unpaired) electrons. The molecule has 0 N–H and O–H groups in total. The molecule has 2 aliphatic heterocycles. The van der Waals surface area contributed by atoms with Crippen LogP contribution in [-0.2, 0) is 4.79 Å². The lowest BCUT2D eigenvalue weighted by atomic mass is 10.1. The van der Waals surface area contributed by atoms with Gasteiger partial charge in [-0.1, -0.05) is 24.0 Å². The van der Waals surface area contributed by atoms with Crippen LogP contribution in [0.2, 0.25) is 0 Å². The Hall–Kier alpha value is -1.98. The van der Waals surface area contributed by atoms with Gasteiger partial charge in [-0.05, 0) is 65.4 Å². The number of fused-ring (bicyclic) bond motifs is 1. The fourth-order valence-electron chi connectivity index (χ4n) is 2.97. The van der Waals surface area contributed by atoms with Gasteiger partial charge in [0.1, 0.15) is 0 Å². The predicted octanol–water partition coefficient (Wildman–Crippen LogP) is 4.83. The largest absolute Gasteiger partial charge is 0.493 e. The maximum absolute atomic E-state index is 13.0. The zero-order valence-corrected chi connectivity index (χ0v) is 19.4. The average molecular weight is 541 g/mol. The van der Waals surface area contributed by atoms with Crippen LogP contribution in [0.1, 0.15) is 12.5 Å². The Bertz CT molecular complexity index is 1040. The van der Waals surface area contributed by atoms with Gasteiger partial charge in [0.25, 0.3) is 5.91 Å². The van der Waals surface area contributed by atoms with Gasteiger partial charge in [-0.15, -0.1) is 0 Å². The van der Waals surface area contributed by atoms with E-state index >= 15 is 0 Å². The second-order valence-corrected chi connectivity index (χ2v) is 8.86. The van der Waals surface area contributed by atoms with Crippen molar-refractivity contribution < 1.29 is 23.7 Å². The number of hydrogen-bond acceptors (Lipinski definition) is 7. The van der Waals surface area contributed by atoms with Crippen LogP contribution >= 0.6 is 46.6 Å². The van der Waals surface area contributed by atoms with Gasteiger partial charge in [-0.3, -0.25) is 9.69 Å². The number of hydrogen-bond donors (Lipinski definition) is 0. The van der Waals surface area contributed by atoms with Crippen LogP contribution in [0.5, 0.6) is 23.0 Å². The minimum absolute atomic E-state index is 0.176. The quantitative estimate of drug-likeness (QED) is 0.305. The van der Waals surface area contributed by atoms with Crippen LogP contribution in [0.15, 0.2) is 35.2 Å². The van der Waals surface area contributed by atoms with Crippen molar-refractivity contribution in [1.82, 2.24) is 0 Å². The molecule has 4 rings (SSSR count). The van der Waals surface area contributed by atoms with Gasteiger partial charge in [-0.25, -0.2) is 0 Å². The maximum atomic E-state index is 13.0. The number of amides is 1. The minimum Gasteiger partial charge on any atom is -0.493 e. The summed E-state index contributed by atoms with van der Waals surface area (Å²) in [5.74, 6) is 2.40. The van der Waals surface area contributed by atoms with Crippen LogP contribution in [-0.4, -0.2) is 30.7 Å². The third-order valence-corrected chi connectivity index (χ3v) is 6.35. The fourth-order valence-corrected chi connectivity index (χ4v) is 5.05. The van der Waals surface area contributed by atoms with E-state index in [1.54, 1.807) is 25.3 Å². The number of carbonyl (C=O) groups is 1. The van der Waals surface area contributed by atoms with E-state index in [0.29, 0.717) is 44.5 Å². The third kappa shape index (κ3) is 3.90. The summed E-state index contributed by atoms with van der Waals surface area (Å²) in [5, 5.41) is 0. The van der Waals surface area contributed by atoms with Crippen LogP contribution in [0.4, 0.5) is 5.69 Å². The fraction of sp³-hybridized carbons (Fsp3) is 0.200. The maximum Gasteiger partial charge on any atom is 0.270 e. The highest BCUT2D eigenvalue weighted by molar-refractivity contribution is 14.1. The summed E-state index contributed by atoms with van der Waals surface area (Å²) in [6.07, 6.45) is 1.81. The Labute approximate surface area is 191 Å². The summed E-state index contributed by atoms with van der Waals surface area (Å²) in [5.41, 5.74) is 1.49. The number of anilines is 1. The van der Waals surface area contributed by atoms with Gasteiger partial charge in [0.05, 0.1) is 27.9 Å². The molecule has 150 valence electrons. The number of benzene rings is 2. The van der Waals surface area contributed by atoms with Crippen LogP contribution in [0.25, 0.3) is 6.08 Å². The number of thioether (sulfide) groups is 1. The van der Waals surface area contributed by atoms with E-state index in [0.717, 1.165) is 9.13 Å². The topological polar surface area (TPSA) is 57.2 Å². The summed E-state index contributed by atoms with van der Waals surface area (Å²) in [6, 6.07) is 9.13. The molecule has 0 aromatic heterocycles. The van der Waals surface area contributed by atoms with Crippen molar-refractivity contribution in [3.8, 4) is 23.0 Å². The van der Waals surface area contributed by atoms with Crippen LogP contribution in [0.3, 0.4) is 0 Å². The van der Waals surface area contributed by atoms with E-state index in [1.807, 2.05) is 25.1 Å². The highest BCUT2D eigenvalue weighted by Crippen LogP contribution is 2.41. The first-order valence-electron chi connectivity index (χ1n) is 8.69. The Kier molecular flexibility index (Phi) is 5.88. The first kappa shape index (κ1) is 20.3. The van der Waals surface area contributed by atoms with E-state index < -0.39 is 0 Å². The number of rotatable bonds is 5. The summed E-state index contributed by atoms with van der Waals surface area (Å²) >= 11 is 8.92. The third-order valence-electron chi connectivity index (χ3n) is 4.25. The Morgan fingerprint density at radius 1 is 1.28 bits per heavy atom. The van der Waals surface area contributed by atoms with Crippen LogP contribution in [0, 0.1) is 3.57 Å². The van der Waals surface area contributed by atoms with E-state index in [-0.39, 0.29) is 12.7 Å². The lowest BCUT2D eigenvalue weighted by Gasteiger charge is -2.15. The van der Waals surface area contributed by atoms with Crippen molar-refractivity contribution in [1.29, 1.82) is 0 Å². The number of methoxy groups -OCH3 is 1. The number of ether oxygens (including phenoxy) is 4. The van der Waals surface area contributed by atoms with E-state index in [2.05, 4.69) is 22.6 Å². The molecule has 1 fully saturated rings. The molecule has 0 unspecified atom stereocenters. The van der Waals surface area contributed by atoms with Crippen molar-refractivity contribution in [2.24, 2.45) is 0 Å². The molecule has 1 amide bonds. The molecule has 1 saturated heterocycles. The van der Waals surface area contributed by atoms with Crippen molar-refractivity contribution in [3.05, 3.63) is 44.4 Å². The van der Waals surface area contributed by atoms with Gasteiger partial charge >= 0.3 is 0 Å². The molecule has 0 spiro atoms. The normalized spacial score (nSPS) is 16.7. The first-order chi connectivity index (χ1) is 14.0. The van der Waals surface area contributed by atoms with Crippen LogP contribution < -0.4 is 23.8 Å². The van der Waals surface area contributed by atoms with E-state index in [9.17, 15) is 4.79 Å². The van der Waals surface area contributed by atoms with E-state index in [1.165, 1.54) is 16.7 Å². The molecule has 0 atom stereocenters. The van der Waals surface area contributed by atoms with Gasteiger partial charge in [0.2, 0.25) is 6.79 Å². The molecule has 29 heavy (non-hydrogen) atoms. The SMILES string of the molecule is CCOc1c(I)cc(/C=C2/SC(=S)N(c3ccc4c(c3)OCO4)C2=O)cc1OC. The number of thiocarbonyl (C=S) groups is 1. The van der Waals surface area contributed by atoms with Crippen molar-refractivity contribution >= 4 is 68.6 Å². The van der Waals surface area contributed by atoms with Crippen molar-refractivity contribution in [3.63, 3.8) is 0 Å². The second-order valence-electron chi connectivity index (χ2n) is 6.02. The lowest BCUT2D eigenvalue weighted by Crippen LogP contribution is -2.27. The second kappa shape index (κ2) is 8.41. The molecule has 2 heterocycles. The molecule has 0 aliphatic carbocycles. The highest BCUT2D eigenvalue weighted by atomic mass is 127. The molecular weight excluding hydrogens is 525 g/mol. The molecule has 6 nitrogen and oxygen atoms in total. The van der Waals surface area contributed by atoms with Gasteiger partial charge in [0.15, 0.2) is 27.3 Å². The molecule has 2 aromatic carbocycles. The predicted molar refractivity (Wildman–Crippen MR) is 125 cm³/mol. The molecule has 9 heteroatoms. The van der Waals surface area contributed by atoms with Crippen molar-refractivity contribution in [2.45, 2.75) is 6.92 Å². The molecule has 0 saturated carbocycles. The zero-order valence-electron chi connectivity index (χ0n) is 15.6. The lowest BCUT2D eigenvalue weighted by molar-refractivity contribution is -0.113. The van der Waals surface area contributed by atoms with Gasteiger partial charge < -0.3 is 18.9 Å². The number of nitrogens with zero attached hydrogens (tertiary/aromatic N) is 1. The summed E-state index contributed by atoms with van der Waals surface area (Å²) in [4.78, 5) is 15.1. The molecule has 0 bridgehead atoms. The van der Waals surface area contributed by atoms with Gasteiger partial charge in [-0.2, -0.15) is 0 Å². The van der Waals surface area contributed by atoms with Gasteiger partial charge in [0, 0.05) is 6.07 Å². The van der Waals surface area contributed by atoms with E-state index in [4.69, 9.17) is 31.2 Å². The first-order valence-corrected chi connectivity index (χ1v) is 11.0. The Morgan fingerprint density at radius 3 is 2.83 bits per heavy atom. The molecule has 2 aromatic rings. The highest BCUT2D eigenvalue weighted by Gasteiger charge is 2.34. The zero-order chi connectivity index (χ0) is 20.5. The van der Waals surface area contributed by atoms with Crippen molar-refractivity contribution in [2.75, 3.05) is 25.4 Å². The summed E-state index contributed by atoms with van der Waals surface area (Å²) in [7, 11) is 1.59. The molecular formula is C20H16INO5S2. The minimum atomic E-state index is -0.179. The summed E-state index contributed by atoms with van der Waals surface area (Å²) < 4.78 is 23.2. The molecule has 2 aliphatic rings. The Morgan fingerprint density at radius 2 is 2.07 bits per heavy atom. The standard InChI is InChI=1S/C20H16INO5S2/c1-3-25-18-13(21)6-11(7-16(18)24-2)8-17-19(23)22(20(28)29-17)12-4-5-14-15(9-12)27-10-26-14/h4-9H,3,10H2,1-2H3/b17-8+. The Balaban J connectivity index is 1.65. The number of carbonyl (C=O) groups excluding carboxylic acids is 1. The average Bonchev–Trinajstić information content (AvgIpc) is 3.27. The number of halogens is 1. The monoisotopic (exact) mass is 541 g/mol. The smallest absolute Gasteiger partial charge is 0.270 e. The summed E-state index contributed by atoms with van der Waals surface area (Å²) in [6.45, 7) is 2.64.